The number of pyridine rings is 1. The number of aromatic nitrogens is 1. The molecule has 92 valence electrons. The highest BCUT2D eigenvalue weighted by Gasteiger charge is 2.71. The molecule has 17 heavy (non-hydrogen) atoms. The molecule has 1 saturated heterocycles. The van der Waals surface area contributed by atoms with Crippen LogP contribution in [0.25, 0.3) is 0 Å². The Balaban J connectivity index is 1.84. The molecule has 5 heteroatoms. The fourth-order valence-corrected chi connectivity index (χ4v) is 2.99. The van der Waals surface area contributed by atoms with E-state index in [-0.39, 0.29) is 6.42 Å². The Hall–Kier alpha value is -0.900. The quantitative estimate of drug-likeness (QED) is 0.768. The van der Waals surface area contributed by atoms with Gasteiger partial charge in [0.1, 0.15) is 5.82 Å². The van der Waals surface area contributed by atoms with Gasteiger partial charge in [-0.15, -0.1) is 0 Å². The molecule has 3 rings (SSSR count). The first-order chi connectivity index (χ1) is 8.04. The van der Waals surface area contributed by atoms with Gasteiger partial charge in [0.15, 0.2) is 0 Å². The van der Waals surface area contributed by atoms with Crippen LogP contribution in [0.15, 0.2) is 18.3 Å². The van der Waals surface area contributed by atoms with Crippen molar-refractivity contribution >= 4 is 17.4 Å². The van der Waals surface area contributed by atoms with E-state index in [1.54, 1.807) is 18.3 Å². The Morgan fingerprint density at radius 3 is 2.82 bits per heavy atom. The van der Waals surface area contributed by atoms with Gasteiger partial charge in [0.2, 0.25) is 0 Å². The second-order valence-electron chi connectivity index (χ2n) is 5.00. The number of nitrogens with zero attached hydrogens (tertiary/aromatic N) is 2. The summed E-state index contributed by atoms with van der Waals surface area (Å²) in [5.74, 6) is -1.86. The van der Waals surface area contributed by atoms with Gasteiger partial charge < -0.3 is 4.90 Å². The van der Waals surface area contributed by atoms with Crippen molar-refractivity contribution in [3.8, 4) is 0 Å². The summed E-state index contributed by atoms with van der Waals surface area (Å²) in [4.78, 5) is 6.09. The highest BCUT2D eigenvalue weighted by atomic mass is 35.5. The van der Waals surface area contributed by atoms with Crippen LogP contribution in [-0.2, 0) is 0 Å². The van der Waals surface area contributed by atoms with Crippen molar-refractivity contribution in [3.05, 3.63) is 23.4 Å². The first-order valence-corrected chi connectivity index (χ1v) is 6.15. The van der Waals surface area contributed by atoms with E-state index in [0.29, 0.717) is 23.8 Å². The fraction of sp³-hybridized carbons (Fsp3) is 0.583. The van der Waals surface area contributed by atoms with Gasteiger partial charge in [0, 0.05) is 25.7 Å². The maximum absolute atomic E-state index is 13.4. The predicted molar refractivity (Wildman–Crippen MR) is 62.7 cm³/mol. The Bertz CT molecular complexity index is 452. The Kier molecular flexibility index (Phi) is 2.34. The molecule has 1 aromatic heterocycles. The molecule has 2 heterocycles. The van der Waals surface area contributed by atoms with Gasteiger partial charge in [0.05, 0.1) is 10.4 Å². The van der Waals surface area contributed by atoms with Crippen molar-refractivity contribution in [1.82, 2.24) is 4.98 Å². The minimum Gasteiger partial charge on any atom is -0.355 e. The third kappa shape index (κ3) is 1.69. The summed E-state index contributed by atoms with van der Waals surface area (Å²) in [5.41, 5.74) is -0.813. The number of hydrogen-bond donors (Lipinski definition) is 0. The largest absolute Gasteiger partial charge is 0.355 e. The van der Waals surface area contributed by atoms with Gasteiger partial charge in [-0.3, -0.25) is 0 Å². The van der Waals surface area contributed by atoms with E-state index in [2.05, 4.69) is 4.98 Å². The summed E-state index contributed by atoms with van der Waals surface area (Å²) in [6.07, 6.45) is 3.05. The van der Waals surface area contributed by atoms with Crippen molar-refractivity contribution in [2.75, 3.05) is 18.0 Å². The van der Waals surface area contributed by atoms with E-state index in [4.69, 9.17) is 11.6 Å². The first kappa shape index (κ1) is 11.2. The summed E-state index contributed by atoms with van der Waals surface area (Å²) < 4.78 is 26.8. The molecule has 1 unspecified atom stereocenters. The van der Waals surface area contributed by atoms with E-state index >= 15 is 0 Å². The lowest BCUT2D eigenvalue weighted by atomic mass is 9.94. The number of piperidine rings is 1. The Morgan fingerprint density at radius 1 is 1.41 bits per heavy atom. The summed E-state index contributed by atoms with van der Waals surface area (Å²) in [5, 5.41) is 0.536. The molecule has 0 amide bonds. The van der Waals surface area contributed by atoms with Crippen LogP contribution in [-0.4, -0.2) is 24.0 Å². The normalized spacial score (nSPS) is 30.6. The second-order valence-corrected chi connectivity index (χ2v) is 5.40. The van der Waals surface area contributed by atoms with Crippen LogP contribution < -0.4 is 4.90 Å². The average Bonchev–Trinajstić information content (AvgIpc) is 2.79. The lowest BCUT2D eigenvalue weighted by Crippen LogP contribution is -2.39. The molecule has 0 radical (unpaired) electrons. The fourth-order valence-electron chi connectivity index (χ4n) is 2.75. The average molecular weight is 259 g/mol. The zero-order valence-corrected chi connectivity index (χ0v) is 10.1. The van der Waals surface area contributed by atoms with Crippen molar-refractivity contribution in [1.29, 1.82) is 0 Å². The maximum Gasteiger partial charge on any atom is 0.256 e. The molecule has 0 bridgehead atoms. The molecular weight excluding hydrogens is 246 g/mol. The van der Waals surface area contributed by atoms with Gasteiger partial charge >= 0.3 is 0 Å². The van der Waals surface area contributed by atoms with Crippen molar-refractivity contribution < 1.29 is 8.78 Å². The van der Waals surface area contributed by atoms with Gasteiger partial charge in [-0.25, -0.2) is 13.8 Å². The van der Waals surface area contributed by atoms with E-state index in [1.807, 2.05) is 4.90 Å². The van der Waals surface area contributed by atoms with Crippen LogP contribution in [0.5, 0.6) is 0 Å². The highest BCUT2D eigenvalue weighted by Crippen LogP contribution is 2.64. The molecule has 1 atom stereocenters. The van der Waals surface area contributed by atoms with E-state index in [9.17, 15) is 8.78 Å². The van der Waals surface area contributed by atoms with Crippen LogP contribution in [0.2, 0.25) is 5.02 Å². The van der Waals surface area contributed by atoms with Crippen LogP contribution in [0, 0.1) is 5.41 Å². The lowest BCUT2D eigenvalue weighted by Gasteiger charge is -2.34. The molecule has 1 aromatic rings. The molecule has 0 aromatic carbocycles. The summed E-state index contributed by atoms with van der Waals surface area (Å²) in [6.45, 7) is 1.13. The lowest BCUT2D eigenvalue weighted by molar-refractivity contribution is 0.0575. The third-order valence-electron chi connectivity index (χ3n) is 3.83. The van der Waals surface area contributed by atoms with Crippen molar-refractivity contribution in [3.63, 3.8) is 0 Å². The monoisotopic (exact) mass is 258 g/mol. The second kappa shape index (κ2) is 3.55. The maximum atomic E-state index is 13.4. The first-order valence-electron chi connectivity index (χ1n) is 5.77. The molecule has 1 spiro atoms. The van der Waals surface area contributed by atoms with Gasteiger partial charge in [-0.05, 0) is 25.0 Å². The van der Waals surface area contributed by atoms with E-state index in [1.165, 1.54) is 0 Å². The molecule has 1 aliphatic carbocycles. The molecule has 1 aliphatic heterocycles. The van der Waals surface area contributed by atoms with Gasteiger partial charge in [0.25, 0.3) is 5.92 Å². The molecular formula is C12H13ClF2N2. The Labute approximate surface area is 104 Å². The van der Waals surface area contributed by atoms with Crippen LogP contribution in [0.3, 0.4) is 0 Å². The number of alkyl halides is 2. The SMILES string of the molecule is FC1(F)CC12CCCN(c1ncccc1Cl)C2. The van der Waals surface area contributed by atoms with E-state index in [0.717, 1.165) is 13.0 Å². The van der Waals surface area contributed by atoms with Crippen LogP contribution >= 0.6 is 11.6 Å². The number of hydrogen-bond acceptors (Lipinski definition) is 2. The zero-order valence-electron chi connectivity index (χ0n) is 9.30. The van der Waals surface area contributed by atoms with Gasteiger partial charge in [-0.2, -0.15) is 0 Å². The minimum atomic E-state index is -2.49. The molecule has 2 fully saturated rings. The highest BCUT2D eigenvalue weighted by molar-refractivity contribution is 6.32. The minimum absolute atomic E-state index is 0.0148. The van der Waals surface area contributed by atoms with E-state index < -0.39 is 11.3 Å². The smallest absolute Gasteiger partial charge is 0.256 e. The van der Waals surface area contributed by atoms with Crippen LogP contribution in [0.1, 0.15) is 19.3 Å². The molecule has 2 aliphatic rings. The van der Waals surface area contributed by atoms with Gasteiger partial charge in [-0.1, -0.05) is 11.6 Å². The zero-order chi connectivity index (χ0) is 12.1. The van der Waals surface area contributed by atoms with Crippen molar-refractivity contribution in [2.45, 2.75) is 25.2 Å². The summed E-state index contributed by atoms with van der Waals surface area (Å²) in [7, 11) is 0. The molecule has 1 saturated carbocycles. The number of anilines is 1. The summed E-state index contributed by atoms with van der Waals surface area (Å²) >= 11 is 6.05. The number of halogens is 3. The van der Waals surface area contributed by atoms with Crippen molar-refractivity contribution in [2.24, 2.45) is 5.41 Å². The number of rotatable bonds is 1. The molecule has 2 nitrogen and oxygen atoms in total. The predicted octanol–water partition coefficient (Wildman–Crippen LogP) is 3.36. The topological polar surface area (TPSA) is 16.1 Å². The van der Waals surface area contributed by atoms with Crippen LogP contribution in [0.4, 0.5) is 14.6 Å². The standard InChI is InChI=1S/C12H13ClF2N2/c13-9-3-1-5-16-10(9)17-6-2-4-11(8-17)7-12(11,14)15/h1,3,5H,2,4,6-8H2. The summed E-state index contributed by atoms with van der Waals surface area (Å²) in [6, 6.07) is 3.49. The third-order valence-corrected chi connectivity index (χ3v) is 4.12. The Morgan fingerprint density at radius 2 is 2.18 bits per heavy atom. The molecule has 0 N–H and O–H groups in total.